The van der Waals surface area contributed by atoms with E-state index in [9.17, 15) is 0 Å². The molecule has 1 aliphatic carbocycles. The number of aryl methyl sites for hydroxylation is 1. The van der Waals surface area contributed by atoms with Gasteiger partial charge in [-0.2, -0.15) is 0 Å². The molecule has 0 aliphatic heterocycles. The van der Waals surface area contributed by atoms with Gasteiger partial charge in [0.05, 0.1) is 5.69 Å². The summed E-state index contributed by atoms with van der Waals surface area (Å²) >= 11 is 0. The predicted molar refractivity (Wildman–Crippen MR) is 147 cm³/mol. The molecule has 1 heteroatoms. The third-order valence-electron chi connectivity index (χ3n) is 8.33. The number of rotatable bonds is 2. The molecule has 0 saturated carbocycles. The average Bonchev–Trinajstić information content (AvgIpc) is 2.77. The summed E-state index contributed by atoms with van der Waals surface area (Å²) in [7, 11) is 0. The fraction of sp³-hybridized carbons (Fsp3) is 0.364. The van der Waals surface area contributed by atoms with E-state index in [-0.39, 0.29) is 16.2 Å². The summed E-state index contributed by atoms with van der Waals surface area (Å²) in [6.07, 6.45) is 3.08. The molecule has 4 aromatic rings. The lowest BCUT2D eigenvalue weighted by Crippen LogP contribution is -2.44. The minimum absolute atomic E-state index is 0.0482. The lowest BCUT2D eigenvalue weighted by Gasteiger charge is -2.49. The normalized spacial score (nSPS) is 16.2. The first-order valence-electron chi connectivity index (χ1n) is 12.5. The summed E-state index contributed by atoms with van der Waals surface area (Å²) < 4.78 is 0. The number of hydrogen-bond acceptors (Lipinski definition) is 1. The fourth-order valence-corrected chi connectivity index (χ4v) is 6.10. The van der Waals surface area contributed by atoms with Gasteiger partial charge in [-0.15, -0.1) is 0 Å². The Morgan fingerprint density at radius 2 is 1.41 bits per heavy atom. The first-order valence-corrected chi connectivity index (χ1v) is 12.5. The highest BCUT2D eigenvalue weighted by Crippen LogP contribution is 2.57. The van der Waals surface area contributed by atoms with Crippen LogP contribution in [-0.4, -0.2) is 4.98 Å². The number of nitrogens with zero attached hydrogens (tertiary/aromatic N) is 1. The molecule has 1 heterocycles. The second-order valence-electron chi connectivity index (χ2n) is 12.4. The largest absolute Gasteiger partial charge is 0.256 e. The van der Waals surface area contributed by atoms with Gasteiger partial charge in [-0.3, -0.25) is 4.98 Å². The Bertz CT molecular complexity index is 1400. The Hall–Kier alpha value is -2.93. The van der Waals surface area contributed by atoms with E-state index in [4.69, 9.17) is 4.98 Å². The second-order valence-corrected chi connectivity index (χ2v) is 12.4. The Morgan fingerprint density at radius 3 is 2.09 bits per heavy atom. The van der Waals surface area contributed by atoms with Crippen LogP contribution >= 0.6 is 0 Å². The molecule has 0 amide bonds. The minimum Gasteiger partial charge on any atom is -0.256 e. The van der Waals surface area contributed by atoms with Crippen LogP contribution < -0.4 is 0 Å². The molecular weight excluding hydrogens is 410 g/mol. The highest BCUT2D eigenvalue weighted by Gasteiger charge is 2.48. The lowest BCUT2D eigenvalue weighted by molar-refractivity contribution is 0.298. The SMILES string of the molecule is Cc1c2c(cc3ccccc13)-c1nccc(-c3ccc(CC(C)(C)C)cc3)c1C(C)(C)C2(C)C. The molecule has 174 valence electrons. The van der Waals surface area contributed by atoms with Crippen molar-refractivity contribution in [2.45, 2.75) is 72.6 Å². The molecule has 0 unspecified atom stereocenters. The standard InChI is InChI=1S/C33H37N/c1-21-25-12-10-9-11-24(25)19-27-28(21)32(5,6)33(7,8)29-26(17-18-34-30(27)29)23-15-13-22(14-16-23)20-31(2,3)4/h9-19H,20H2,1-8H3. The summed E-state index contributed by atoms with van der Waals surface area (Å²) in [5.41, 5.74) is 10.8. The molecule has 1 aliphatic rings. The molecule has 0 spiro atoms. The average molecular weight is 448 g/mol. The second kappa shape index (κ2) is 7.54. The first-order chi connectivity index (χ1) is 15.9. The van der Waals surface area contributed by atoms with Crippen LogP contribution in [0, 0.1) is 12.3 Å². The first kappa shape index (κ1) is 22.8. The molecule has 3 aromatic carbocycles. The van der Waals surface area contributed by atoms with Crippen molar-refractivity contribution >= 4 is 10.8 Å². The molecule has 0 fully saturated rings. The predicted octanol–water partition coefficient (Wildman–Crippen LogP) is 9.03. The van der Waals surface area contributed by atoms with Gasteiger partial charge in [0, 0.05) is 17.2 Å². The zero-order valence-corrected chi connectivity index (χ0v) is 22.0. The van der Waals surface area contributed by atoms with Crippen LogP contribution in [0.5, 0.6) is 0 Å². The summed E-state index contributed by atoms with van der Waals surface area (Å²) in [5.74, 6) is 0. The Morgan fingerprint density at radius 1 is 0.765 bits per heavy atom. The van der Waals surface area contributed by atoms with Gasteiger partial charge in [-0.25, -0.2) is 0 Å². The van der Waals surface area contributed by atoms with Crippen LogP contribution in [0.2, 0.25) is 0 Å². The van der Waals surface area contributed by atoms with Crippen LogP contribution in [0.3, 0.4) is 0 Å². The maximum absolute atomic E-state index is 5.02. The highest BCUT2D eigenvalue weighted by molar-refractivity contribution is 5.95. The van der Waals surface area contributed by atoms with Gasteiger partial charge in [0.25, 0.3) is 0 Å². The van der Waals surface area contributed by atoms with E-state index < -0.39 is 0 Å². The Balaban J connectivity index is 1.77. The van der Waals surface area contributed by atoms with E-state index in [1.807, 2.05) is 6.20 Å². The quantitative estimate of drug-likeness (QED) is 0.299. The zero-order valence-electron chi connectivity index (χ0n) is 22.0. The molecular formula is C33H37N. The molecule has 5 rings (SSSR count). The van der Waals surface area contributed by atoms with Gasteiger partial charge in [0.15, 0.2) is 0 Å². The molecule has 0 atom stereocenters. The van der Waals surface area contributed by atoms with E-state index in [0.29, 0.717) is 0 Å². The van der Waals surface area contributed by atoms with Crippen LogP contribution in [0.15, 0.2) is 66.9 Å². The van der Waals surface area contributed by atoms with Gasteiger partial charge in [0.2, 0.25) is 0 Å². The molecule has 0 radical (unpaired) electrons. The summed E-state index contributed by atoms with van der Waals surface area (Å²) in [6.45, 7) is 18.8. The maximum atomic E-state index is 5.02. The molecule has 1 nitrogen and oxygen atoms in total. The van der Waals surface area contributed by atoms with Crippen LogP contribution in [-0.2, 0) is 17.3 Å². The van der Waals surface area contributed by atoms with Crippen LogP contribution in [0.1, 0.15) is 70.7 Å². The van der Waals surface area contributed by atoms with Crippen LogP contribution in [0.25, 0.3) is 33.2 Å². The third-order valence-corrected chi connectivity index (χ3v) is 8.33. The van der Waals surface area contributed by atoms with Crippen molar-refractivity contribution in [2.24, 2.45) is 5.41 Å². The van der Waals surface area contributed by atoms with Crippen molar-refractivity contribution in [2.75, 3.05) is 0 Å². The topological polar surface area (TPSA) is 12.9 Å². The summed E-state index contributed by atoms with van der Waals surface area (Å²) in [4.78, 5) is 5.02. The fourth-order valence-electron chi connectivity index (χ4n) is 6.10. The number of hydrogen-bond donors (Lipinski definition) is 0. The van der Waals surface area contributed by atoms with Crippen molar-refractivity contribution in [3.8, 4) is 22.4 Å². The van der Waals surface area contributed by atoms with E-state index in [2.05, 4.69) is 116 Å². The van der Waals surface area contributed by atoms with Gasteiger partial charge < -0.3 is 0 Å². The monoisotopic (exact) mass is 447 g/mol. The van der Waals surface area contributed by atoms with E-state index in [1.54, 1.807) is 0 Å². The van der Waals surface area contributed by atoms with Crippen molar-refractivity contribution in [1.82, 2.24) is 4.98 Å². The van der Waals surface area contributed by atoms with E-state index >= 15 is 0 Å². The number of fused-ring (bicyclic) bond motifs is 4. The number of aromatic nitrogens is 1. The van der Waals surface area contributed by atoms with Gasteiger partial charge in [0.1, 0.15) is 0 Å². The van der Waals surface area contributed by atoms with Gasteiger partial charge in [-0.1, -0.05) is 97.0 Å². The van der Waals surface area contributed by atoms with Crippen molar-refractivity contribution < 1.29 is 0 Å². The van der Waals surface area contributed by atoms with Crippen molar-refractivity contribution in [1.29, 1.82) is 0 Å². The van der Waals surface area contributed by atoms with Crippen molar-refractivity contribution in [3.05, 3.63) is 89.1 Å². The lowest BCUT2D eigenvalue weighted by atomic mass is 9.54. The summed E-state index contributed by atoms with van der Waals surface area (Å²) in [6, 6.07) is 22.6. The highest BCUT2D eigenvalue weighted by atomic mass is 14.7. The van der Waals surface area contributed by atoms with Crippen molar-refractivity contribution in [3.63, 3.8) is 0 Å². The Kier molecular flexibility index (Phi) is 5.06. The molecule has 34 heavy (non-hydrogen) atoms. The van der Waals surface area contributed by atoms with E-state index in [1.165, 1.54) is 49.7 Å². The van der Waals surface area contributed by atoms with E-state index in [0.717, 1.165) is 12.1 Å². The van der Waals surface area contributed by atoms with Crippen LogP contribution in [0.4, 0.5) is 0 Å². The molecule has 0 N–H and O–H groups in total. The maximum Gasteiger partial charge on any atom is 0.0749 e. The molecule has 0 bridgehead atoms. The Labute approximate surface area is 205 Å². The smallest absolute Gasteiger partial charge is 0.0749 e. The third kappa shape index (κ3) is 3.40. The molecule has 1 aromatic heterocycles. The van der Waals surface area contributed by atoms with Gasteiger partial charge in [-0.05, 0) is 80.5 Å². The molecule has 0 saturated heterocycles. The van der Waals surface area contributed by atoms with Gasteiger partial charge >= 0.3 is 0 Å². The summed E-state index contributed by atoms with van der Waals surface area (Å²) in [5, 5.41) is 2.64. The zero-order chi connectivity index (χ0) is 24.5. The minimum atomic E-state index is -0.0871. The number of benzene rings is 3. The number of pyridine rings is 1.